The van der Waals surface area contributed by atoms with Gasteiger partial charge < -0.3 is 14.4 Å². The van der Waals surface area contributed by atoms with Gasteiger partial charge in [0.25, 0.3) is 0 Å². The number of nitrogens with zero attached hydrogens (tertiary/aromatic N) is 5. The summed E-state index contributed by atoms with van der Waals surface area (Å²) in [4.78, 5) is 33.3. The minimum absolute atomic E-state index is 0.000325. The summed E-state index contributed by atoms with van der Waals surface area (Å²) in [5.41, 5.74) is 1.45. The van der Waals surface area contributed by atoms with E-state index < -0.39 is 17.7 Å². The number of aromatic carboxylic acids is 1. The van der Waals surface area contributed by atoms with E-state index in [0.29, 0.717) is 23.3 Å². The zero-order chi connectivity index (χ0) is 23.8. The Morgan fingerprint density at radius 2 is 1.88 bits per heavy atom. The van der Waals surface area contributed by atoms with Crippen molar-refractivity contribution in [1.29, 1.82) is 0 Å². The summed E-state index contributed by atoms with van der Waals surface area (Å²) in [5.74, 6) is -0.869. The third-order valence-corrected chi connectivity index (χ3v) is 4.68. The van der Waals surface area contributed by atoms with Gasteiger partial charge in [-0.3, -0.25) is 10.3 Å². The predicted molar refractivity (Wildman–Crippen MR) is 119 cm³/mol. The molecule has 0 saturated heterocycles. The van der Waals surface area contributed by atoms with Crippen LogP contribution in [0, 0.1) is 0 Å². The number of rotatable bonds is 5. The van der Waals surface area contributed by atoms with Crippen LogP contribution >= 0.6 is 0 Å². The van der Waals surface area contributed by atoms with E-state index in [0.717, 1.165) is 5.56 Å². The number of carbonyl (C=O) groups excluding carboxylic acids is 1. The van der Waals surface area contributed by atoms with Gasteiger partial charge in [-0.2, -0.15) is 0 Å². The Balaban J connectivity index is 1.90. The third kappa shape index (κ3) is 4.25. The molecule has 0 aliphatic carbocycles. The smallest absolute Gasteiger partial charge is 0.413 e. The van der Waals surface area contributed by atoms with Crippen LogP contribution in [0.4, 0.5) is 10.6 Å². The molecular formula is C22H22N6O5. The Hall–Kier alpha value is -4.28. The zero-order valence-electron chi connectivity index (χ0n) is 18.5. The number of pyridine rings is 1. The number of imidazole rings is 1. The van der Waals surface area contributed by atoms with Gasteiger partial charge in [0.15, 0.2) is 11.5 Å². The SMILES string of the molecule is CCn1c(-c2nonc2NC(=O)OC(C)(C)C)nc2c(-c3ccccc3)ncc(C(=O)O)c21. The number of ether oxygens (including phenoxy) is 1. The lowest BCUT2D eigenvalue weighted by Crippen LogP contribution is -2.27. The number of fused-ring (bicyclic) bond motifs is 1. The molecule has 3 aromatic heterocycles. The average Bonchev–Trinajstić information content (AvgIpc) is 3.36. The molecule has 0 fully saturated rings. The second-order valence-electron chi connectivity index (χ2n) is 8.16. The summed E-state index contributed by atoms with van der Waals surface area (Å²) >= 11 is 0. The Kier molecular flexibility index (Phi) is 5.54. The summed E-state index contributed by atoms with van der Waals surface area (Å²) in [7, 11) is 0. The van der Waals surface area contributed by atoms with Crippen molar-refractivity contribution in [3.63, 3.8) is 0 Å². The first kappa shape index (κ1) is 21.9. The first-order valence-electron chi connectivity index (χ1n) is 10.2. The molecule has 2 N–H and O–H groups in total. The van der Waals surface area contributed by atoms with Crippen LogP contribution in [0.25, 0.3) is 33.8 Å². The van der Waals surface area contributed by atoms with Gasteiger partial charge in [-0.05, 0) is 38.0 Å². The standard InChI is InChI=1S/C22H22N6O5/c1-5-28-17-13(20(29)30)11-23-14(12-9-7-6-8-10-12)15(17)24-19(28)16-18(27-33-26-16)25-21(31)32-22(2,3)4/h6-11H,5H2,1-4H3,(H,29,30)(H,25,27,31). The Morgan fingerprint density at radius 3 is 2.52 bits per heavy atom. The van der Waals surface area contributed by atoms with Gasteiger partial charge in [0.1, 0.15) is 16.7 Å². The van der Waals surface area contributed by atoms with E-state index in [4.69, 9.17) is 9.37 Å². The maximum absolute atomic E-state index is 12.3. The van der Waals surface area contributed by atoms with E-state index in [9.17, 15) is 14.7 Å². The molecule has 0 aliphatic heterocycles. The molecule has 4 aromatic rings. The number of aromatic nitrogens is 5. The summed E-state index contributed by atoms with van der Waals surface area (Å²) in [6.45, 7) is 7.40. The second kappa shape index (κ2) is 8.34. The van der Waals surface area contributed by atoms with Crippen molar-refractivity contribution in [1.82, 2.24) is 24.8 Å². The maximum Gasteiger partial charge on any atom is 0.413 e. The summed E-state index contributed by atoms with van der Waals surface area (Å²) in [5, 5.41) is 20.0. The fraction of sp³-hybridized carbons (Fsp3) is 0.273. The number of carbonyl (C=O) groups is 2. The van der Waals surface area contributed by atoms with E-state index in [1.807, 2.05) is 37.3 Å². The molecule has 33 heavy (non-hydrogen) atoms. The van der Waals surface area contributed by atoms with Crippen molar-refractivity contribution < 1.29 is 24.1 Å². The van der Waals surface area contributed by atoms with Crippen molar-refractivity contribution in [2.75, 3.05) is 5.32 Å². The molecule has 11 nitrogen and oxygen atoms in total. The van der Waals surface area contributed by atoms with Crippen LogP contribution in [-0.2, 0) is 11.3 Å². The van der Waals surface area contributed by atoms with Gasteiger partial charge in [0, 0.05) is 18.3 Å². The normalized spacial score (nSPS) is 11.5. The van der Waals surface area contributed by atoms with Gasteiger partial charge >= 0.3 is 12.1 Å². The van der Waals surface area contributed by atoms with Crippen molar-refractivity contribution in [3.05, 3.63) is 42.1 Å². The predicted octanol–water partition coefficient (Wildman–Crippen LogP) is 4.21. The summed E-state index contributed by atoms with van der Waals surface area (Å²) < 4.78 is 11.8. The van der Waals surface area contributed by atoms with Crippen molar-refractivity contribution in [2.45, 2.75) is 39.8 Å². The maximum atomic E-state index is 12.3. The van der Waals surface area contributed by atoms with Gasteiger partial charge in [0.2, 0.25) is 5.82 Å². The first-order valence-corrected chi connectivity index (χ1v) is 10.2. The first-order chi connectivity index (χ1) is 15.7. The van der Waals surface area contributed by atoms with Crippen LogP contribution in [0.15, 0.2) is 41.2 Å². The van der Waals surface area contributed by atoms with Gasteiger partial charge in [-0.25, -0.2) is 19.2 Å². The average molecular weight is 450 g/mol. The van der Waals surface area contributed by atoms with Crippen LogP contribution in [0.1, 0.15) is 38.1 Å². The number of benzene rings is 1. The lowest BCUT2D eigenvalue weighted by molar-refractivity contribution is 0.0632. The van der Waals surface area contributed by atoms with Crippen LogP contribution in [0.3, 0.4) is 0 Å². The second-order valence-corrected chi connectivity index (χ2v) is 8.16. The number of anilines is 1. The van der Waals surface area contributed by atoms with Crippen LogP contribution < -0.4 is 5.32 Å². The lowest BCUT2D eigenvalue weighted by Gasteiger charge is -2.19. The Morgan fingerprint density at radius 1 is 1.15 bits per heavy atom. The van der Waals surface area contributed by atoms with E-state index in [1.165, 1.54) is 6.20 Å². The van der Waals surface area contributed by atoms with Crippen LogP contribution in [0.5, 0.6) is 0 Å². The quantitative estimate of drug-likeness (QED) is 0.456. The van der Waals surface area contributed by atoms with Crippen molar-refractivity contribution >= 4 is 28.9 Å². The van der Waals surface area contributed by atoms with Gasteiger partial charge in [0.05, 0.1) is 11.2 Å². The Labute approximate surface area is 188 Å². The molecule has 0 atom stereocenters. The molecule has 0 aliphatic rings. The topological polar surface area (TPSA) is 145 Å². The molecule has 3 heterocycles. The highest BCUT2D eigenvalue weighted by Gasteiger charge is 2.27. The van der Waals surface area contributed by atoms with Crippen LogP contribution in [-0.4, -0.2) is 47.6 Å². The molecule has 11 heteroatoms. The lowest BCUT2D eigenvalue weighted by atomic mass is 10.1. The molecule has 4 rings (SSSR count). The van der Waals surface area contributed by atoms with Gasteiger partial charge in [-0.15, -0.1) is 0 Å². The van der Waals surface area contributed by atoms with Crippen molar-refractivity contribution in [2.24, 2.45) is 0 Å². The highest BCUT2D eigenvalue weighted by atomic mass is 16.6. The fourth-order valence-corrected chi connectivity index (χ4v) is 3.41. The molecule has 170 valence electrons. The van der Waals surface area contributed by atoms with E-state index in [-0.39, 0.29) is 22.9 Å². The summed E-state index contributed by atoms with van der Waals surface area (Å²) in [6.07, 6.45) is 0.572. The molecule has 0 saturated carbocycles. The Bertz CT molecular complexity index is 1340. The highest BCUT2D eigenvalue weighted by Crippen LogP contribution is 2.34. The highest BCUT2D eigenvalue weighted by molar-refractivity contribution is 6.05. The van der Waals surface area contributed by atoms with Gasteiger partial charge in [-0.1, -0.05) is 30.3 Å². The number of carboxylic acids is 1. The zero-order valence-corrected chi connectivity index (χ0v) is 18.5. The minimum Gasteiger partial charge on any atom is -0.478 e. The molecule has 0 unspecified atom stereocenters. The largest absolute Gasteiger partial charge is 0.478 e. The molecule has 0 bridgehead atoms. The minimum atomic E-state index is -1.14. The van der Waals surface area contributed by atoms with Crippen LogP contribution in [0.2, 0.25) is 0 Å². The fourth-order valence-electron chi connectivity index (χ4n) is 3.41. The number of aryl methyl sites for hydroxylation is 1. The molecule has 0 spiro atoms. The monoisotopic (exact) mass is 450 g/mol. The number of nitrogens with one attached hydrogen (secondary N) is 1. The number of hydrogen-bond donors (Lipinski definition) is 2. The number of amides is 1. The molecule has 1 amide bonds. The molecule has 1 aromatic carbocycles. The molecule has 0 radical (unpaired) electrons. The van der Waals surface area contributed by atoms with E-state index >= 15 is 0 Å². The summed E-state index contributed by atoms with van der Waals surface area (Å²) in [6, 6.07) is 9.31. The van der Waals surface area contributed by atoms with E-state index in [1.54, 1.807) is 25.3 Å². The number of carboxylic acid groups (broad SMARTS) is 1. The third-order valence-electron chi connectivity index (χ3n) is 4.68. The van der Waals surface area contributed by atoms with Crippen molar-refractivity contribution in [3.8, 4) is 22.8 Å². The molecular weight excluding hydrogens is 428 g/mol. The van der Waals surface area contributed by atoms with E-state index in [2.05, 4.69) is 25.6 Å². The number of hydrogen-bond acceptors (Lipinski definition) is 8.